The number of nitrogens with one attached hydrogen (secondary N) is 1. The van der Waals surface area contributed by atoms with Gasteiger partial charge < -0.3 is 24.6 Å². The molecular weight excluding hydrogens is 306 g/mol. The Bertz CT molecular complexity index is 876. The van der Waals surface area contributed by atoms with Gasteiger partial charge in [-0.25, -0.2) is 0 Å². The third kappa shape index (κ3) is 1.62. The molecule has 2 aromatic carbocycles. The summed E-state index contributed by atoms with van der Waals surface area (Å²) in [6, 6.07) is 5.96. The van der Waals surface area contributed by atoms with Gasteiger partial charge in [-0.3, -0.25) is 0 Å². The topological polar surface area (TPSA) is 60.0 Å². The summed E-state index contributed by atoms with van der Waals surface area (Å²) < 4.78 is 16.8. The molecule has 0 saturated carbocycles. The van der Waals surface area contributed by atoms with Gasteiger partial charge in [-0.15, -0.1) is 0 Å². The fourth-order valence-electron chi connectivity index (χ4n) is 4.46. The zero-order valence-electron chi connectivity index (χ0n) is 13.7. The lowest BCUT2D eigenvalue weighted by molar-refractivity contribution is 0.174. The Morgan fingerprint density at radius 1 is 1.21 bits per heavy atom. The van der Waals surface area contributed by atoms with Crippen molar-refractivity contribution >= 4 is 0 Å². The lowest BCUT2D eigenvalue weighted by Crippen LogP contribution is -2.48. The van der Waals surface area contributed by atoms with E-state index in [9.17, 15) is 5.11 Å². The van der Waals surface area contributed by atoms with E-state index < -0.39 is 0 Å². The second kappa shape index (κ2) is 4.57. The predicted octanol–water partition coefficient (Wildman–Crippen LogP) is 2.71. The summed E-state index contributed by atoms with van der Waals surface area (Å²) in [7, 11) is 1.57. The molecule has 2 heterocycles. The number of ether oxygens (including phenoxy) is 3. The van der Waals surface area contributed by atoms with Crippen molar-refractivity contribution < 1.29 is 19.3 Å². The van der Waals surface area contributed by atoms with Crippen molar-refractivity contribution in [1.82, 2.24) is 5.32 Å². The minimum absolute atomic E-state index is 0.169. The molecule has 0 fully saturated rings. The largest absolute Gasteiger partial charge is 0.504 e. The lowest BCUT2D eigenvalue weighted by atomic mass is 9.69. The number of benzene rings is 2. The van der Waals surface area contributed by atoms with Gasteiger partial charge in [0, 0.05) is 23.2 Å². The molecule has 0 aromatic heterocycles. The highest BCUT2D eigenvalue weighted by Gasteiger charge is 2.43. The minimum Gasteiger partial charge on any atom is -0.504 e. The van der Waals surface area contributed by atoms with Gasteiger partial charge in [-0.2, -0.15) is 0 Å². The summed E-state index contributed by atoms with van der Waals surface area (Å²) in [6.45, 7) is 3.37. The van der Waals surface area contributed by atoms with E-state index in [1.807, 2.05) is 12.1 Å². The Labute approximate surface area is 140 Å². The molecule has 2 N–H and O–H groups in total. The van der Waals surface area contributed by atoms with Gasteiger partial charge in [-0.05, 0) is 48.6 Å². The molecule has 0 bridgehead atoms. The summed E-state index contributed by atoms with van der Waals surface area (Å²) in [6.07, 6.45) is 1.76. The summed E-state index contributed by atoms with van der Waals surface area (Å²) in [5.74, 6) is 2.15. The van der Waals surface area contributed by atoms with Crippen LogP contribution in [0.25, 0.3) is 11.1 Å². The van der Waals surface area contributed by atoms with Crippen LogP contribution in [0, 0.1) is 0 Å². The predicted molar refractivity (Wildman–Crippen MR) is 89.0 cm³/mol. The van der Waals surface area contributed by atoms with Crippen LogP contribution in [-0.4, -0.2) is 25.6 Å². The molecule has 5 heteroatoms. The van der Waals surface area contributed by atoms with E-state index in [1.54, 1.807) is 7.11 Å². The third-order valence-electron chi connectivity index (χ3n) is 5.45. The van der Waals surface area contributed by atoms with E-state index in [1.165, 1.54) is 11.1 Å². The van der Waals surface area contributed by atoms with Gasteiger partial charge in [0.15, 0.2) is 23.0 Å². The van der Waals surface area contributed by atoms with E-state index in [4.69, 9.17) is 14.2 Å². The summed E-state index contributed by atoms with van der Waals surface area (Å²) in [5.41, 5.74) is 5.17. The number of phenolic OH excluding ortho intramolecular Hbond substituents is 1. The molecule has 0 saturated heterocycles. The molecule has 24 heavy (non-hydrogen) atoms. The Hall–Kier alpha value is -2.40. The fraction of sp³-hybridized carbons (Fsp3) is 0.368. The van der Waals surface area contributed by atoms with Crippen LogP contribution in [0.4, 0.5) is 0 Å². The maximum atomic E-state index is 10.8. The molecule has 1 atom stereocenters. The molecule has 0 spiro atoms. The maximum absolute atomic E-state index is 10.8. The van der Waals surface area contributed by atoms with Gasteiger partial charge in [0.1, 0.15) is 0 Å². The molecule has 0 radical (unpaired) electrons. The molecule has 2 aromatic rings. The van der Waals surface area contributed by atoms with Crippen molar-refractivity contribution in [2.24, 2.45) is 0 Å². The van der Waals surface area contributed by atoms with Crippen LogP contribution in [0.3, 0.4) is 0 Å². The van der Waals surface area contributed by atoms with Crippen LogP contribution in [-0.2, 0) is 18.4 Å². The summed E-state index contributed by atoms with van der Waals surface area (Å²) in [5, 5.41) is 14.5. The Kier molecular flexibility index (Phi) is 2.66. The molecule has 5 rings (SSSR count). The highest BCUT2D eigenvalue weighted by atomic mass is 16.7. The number of fused-ring (bicyclic) bond motifs is 4. The van der Waals surface area contributed by atoms with Gasteiger partial charge in [0.2, 0.25) is 6.79 Å². The van der Waals surface area contributed by atoms with Crippen molar-refractivity contribution in [2.75, 3.05) is 20.4 Å². The van der Waals surface area contributed by atoms with E-state index in [0.717, 1.165) is 47.6 Å². The SMILES string of the molecule is COc1ccc2c(c1O)-c1c3c(cc4c1[C@](C)(C2)NCC4)OCO3. The fourth-order valence-corrected chi connectivity index (χ4v) is 4.46. The van der Waals surface area contributed by atoms with Crippen molar-refractivity contribution in [3.05, 3.63) is 34.9 Å². The molecule has 0 unspecified atom stereocenters. The first-order chi connectivity index (χ1) is 11.6. The van der Waals surface area contributed by atoms with Crippen LogP contribution < -0.4 is 19.5 Å². The highest BCUT2D eigenvalue weighted by molar-refractivity contribution is 5.89. The molecule has 0 amide bonds. The maximum Gasteiger partial charge on any atom is 0.231 e. The number of hydrogen-bond acceptors (Lipinski definition) is 5. The van der Waals surface area contributed by atoms with Gasteiger partial charge in [-0.1, -0.05) is 6.07 Å². The molecular formula is C19H19NO4. The molecule has 124 valence electrons. The normalized spacial score (nSPS) is 22.8. The van der Waals surface area contributed by atoms with Gasteiger partial charge in [0.05, 0.1) is 7.11 Å². The number of phenols is 1. The van der Waals surface area contributed by atoms with Crippen molar-refractivity contribution in [1.29, 1.82) is 0 Å². The summed E-state index contributed by atoms with van der Waals surface area (Å²) in [4.78, 5) is 0. The monoisotopic (exact) mass is 325 g/mol. The zero-order valence-corrected chi connectivity index (χ0v) is 13.7. The average Bonchev–Trinajstić information content (AvgIpc) is 3.02. The molecule has 1 aliphatic carbocycles. The number of methoxy groups -OCH3 is 1. The van der Waals surface area contributed by atoms with E-state index in [-0.39, 0.29) is 18.1 Å². The quantitative estimate of drug-likeness (QED) is 0.844. The Morgan fingerprint density at radius 2 is 2.08 bits per heavy atom. The molecule has 5 nitrogen and oxygen atoms in total. The van der Waals surface area contributed by atoms with E-state index >= 15 is 0 Å². The van der Waals surface area contributed by atoms with Crippen molar-refractivity contribution in [3.63, 3.8) is 0 Å². The van der Waals surface area contributed by atoms with Crippen LogP contribution in [0.2, 0.25) is 0 Å². The van der Waals surface area contributed by atoms with Crippen LogP contribution >= 0.6 is 0 Å². The first-order valence-corrected chi connectivity index (χ1v) is 8.22. The Morgan fingerprint density at radius 3 is 2.92 bits per heavy atom. The highest BCUT2D eigenvalue weighted by Crippen LogP contribution is 2.57. The number of rotatable bonds is 1. The van der Waals surface area contributed by atoms with Crippen molar-refractivity contribution in [3.8, 4) is 34.1 Å². The van der Waals surface area contributed by atoms with E-state index in [2.05, 4.69) is 18.3 Å². The van der Waals surface area contributed by atoms with Crippen LogP contribution in [0.5, 0.6) is 23.0 Å². The molecule has 2 aliphatic heterocycles. The first-order valence-electron chi connectivity index (χ1n) is 8.22. The average molecular weight is 325 g/mol. The smallest absolute Gasteiger partial charge is 0.231 e. The van der Waals surface area contributed by atoms with Gasteiger partial charge >= 0.3 is 0 Å². The summed E-state index contributed by atoms with van der Waals surface area (Å²) >= 11 is 0. The molecule has 3 aliphatic rings. The number of hydrogen-bond donors (Lipinski definition) is 2. The standard InChI is InChI=1S/C19H19NO4/c1-19-8-11-3-4-12(22-2)17(21)14(11)15-16(19)10(5-6-20-19)7-13-18(15)24-9-23-13/h3-4,7,20-21H,5-6,8-9H2,1-2H3/t19-/m0/s1. The first kappa shape index (κ1) is 14.0. The van der Waals surface area contributed by atoms with Crippen molar-refractivity contribution in [2.45, 2.75) is 25.3 Å². The zero-order chi connectivity index (χ0) is 16.5. The number of aromatic hydroxyl groups is 1. The second-order valence-corrected chi connectivity index (χ2v) is 6.86. The van der Waals surface area contributed by atoms with E-state index in [0.29, 0.717) is 5.75 Å². The minimum atomic E-state index is -0.169. The lowest BCUT2D eigenvalue weighted by Gasteiger charge is -2.43. The second-order valence-electron chi connectivity index (χ2n) is 6.86. The van der Waals surface area contributed by atoms with Crippen LogP contribution in [0.1, 0.15) is 23.6 Å². The third-order valence-corrected chi connectivity index (χ3v) is 5.45. The van der Waals surface area contributed by atoms with Crippen LogP contribution in [0.15, 0.2) is 18.2 Å². The van der Waals surface area contributed by atoms with Gasteiger partial charge in [0.25, 0.3) is 0 Å². The Balaban J connectivity index is 1.92.